The van der Waals surface area contributed by atoms with Gasteiger partial charge in [-0.25, -0.2) is 0 Å². The van der Waals surface area contributed by atoms with Crippen molar-refractivity contribution in [1.82, 2.24) is 0 Å². The van der Waals surface area contributed by atoms with E-state index in [1.54, 1.807) is 31.4 Å². The van der Waals surface area contributed by atoms with Gasteiger partial charge >= 0.3 is 0 Å². The minimum absolute atomic E-state index is 0.113. The number of Topliss-reactive ketones (excluding diaryl/α,β-unsaturated/α-hetero) is 2. The maximum Gasteiger partial charge on any atom is 0.173 e. The number of carbonyl (C=O) groups excluding carboxylic acids is 2. The number of allylic oxidation sites excluding steroid dienone is 1. The van der Waals surface area contributed by atoms with Crippen LogP contribution in [0.2, 0.25) is 0 Å². The van der Waals surface area contributed by atoms with Crippen molar-refractivity contribution in [3.05, 3.63) is 71.8 Å². The molecular weight excluding hydrogens is 288 g/mol. The SMILES string of the molecule is COc1ccc(/C=C/CC(C(C)=O)C(=O)c2ccccc2)cc1. The minimum Gasteiger partial charge on any atom is -0.497 e. The molecule has 0 saturated heterocycles. The van der Waals surface area contributed by atoms with Crippen LogP contribution in [0.1, 0.15) is 29.3 Å². The third-order valence-electron chi connectivity index (χ3n) is 3.66. The molecule has 1 atom stereocenters. The lowest BCUT2D eigenvalue weighted by molar-refractivity contribution is -0.119. The Labute approximate surface area is 136 Å². The molecule has 0 spiro atoms. The van der Waals surface area contributed by atoms with Crippen LogP contribution in [0.25, 0.3) is 6.08 Å². The fourth-order valence-corrected chi connectivity index (χ4v) is 2.32. The van der Waals surface area contributed by atoms with Gasteiger partial charge in [-0.2, -0.15) is 0 Å². The van der Waals surface area contributed by atoms with Crippen molar-refractivity contribution in [3.8, 4) is 5.75 Å². The number of methoxy groups -OCH3 is 1. The molecular formula is C20H20O3. The summed E-state index contributed by atoms with van der Waals surface area (Å²) in [7, 11) is 1.62. The Kier molecular flexibility index (Phi) is 5.87. The van der Waals surface area contributed by atoms with Crippen LogP contribution in [0, 0.1) is 5.92 Å². The monoisotopic (exact) mass is 308 g/mol. The van der Waals surface area contributed by atoms with Crippen molar-refractivity contribution in [3.63, 3.8) is 0 Å². The van der Waals surface area contributed by atoms with Gasteiger partial charge in [-0.15, -0.1) is 0 Å². The Morgan fingerprint density at radius 2 is 1.70 bits per heavy atom. The molecule has 0 saturated carbocycles. The zero-order valence-corrected chi connectivity index (χ0v) is 13.4. The average Bonchev–Trinajstić information content (AvgIpc) is 2.59. The van der Waals surface area contributed by atoms with E-state index in [1.807, 2.05) is 42.5 Å². The normalized spacial score (nSPS) is 12.1. The summed E-state index contributed by atoms with van der Waals surface area (Å²) < 4.78 is 5.11. The van der Waals surface area contributed by atoms with Crippen LogP contribution in [0.4, 0.5) is 0 Å². The smallest absolute Gasteiger partial charge is 0.173 e. The van der Waals surface area contributed by atoms with Crippen molar-refractivity contribution in [2.24, 2.45) is 5.92 Å². The van der Waals surface area contributed by atoms with Crippen LogP contribution in [0.3, 0.4) is 0 Å². The fraction of sp³-hybridized carbons (Fsp3) is 0.200. The highest BCUT2D eigenvalue weighted by atomic mass is 16.5. The predicted octanol–water partition coefficient (Wildman–Crippen LogP) is 4.19. The fourth-order valence-electron chi connectivity index (χ4n) is 2.32. The van der Waals surface area contributed by atoms with E-state index in [-0.39, 0.29) is 11.6 Å². The summed E-state index contributed by atoms with van der Waals surface area (Å²) >= 11 is 0. The maximum absolute atomic E-state index is 12.4. The topological polar surface area (TPSA) is 43.4 Å². The number of hydrogen-bond donors (Lipinski definition) is 0. The number of rotatable bonds is 7. The Balaban J connectivity index is 2.06. The first-order valence-electron chi connectivity index (χ1n) is 7.52. The van der Waals surface area contributed by atoms with E-state index in [9.17, 15) is 9.59 Å². The van der Waals surface area contributed by atoms with Crippen molar-refractivity contribution < 1.29 is 14.3 Å². The van der Waals surface area contributed by atoms with Gasteiger partial charge in [0, 0.05) is 5.56 Å². The van der Waals surface area contributed by atoms with Gasteiger partial charge in [0.15, 0.2) is 5.78 Å². The van der Waals surface area contributed by atoms with E-state index in [4.69, 9.17) is 4.74 Å². The molecule has 23 heavy (non-hydrogen) atoms. The van der Waals surface area contributed by atoms with E-state index >= 15 is 0 Å². The lowest BCUT2D eigenvalue weighted by atomic mass is 9.91. The van der Waals surface area contributed by atoms with Gasteiger partial charge < -0.3 is 4.74 Å². The van der Waals surface area contributed by atoms with Gasteiger partial charge in [-0.1, -0.05) is 54.6 Å². The minimum atomic E-state index is -0.633. The summed E-state index contributed by atoms with van der Waals surface area (Å²) in [5, 5.41) is 0. The molecule has 0 fully saturated rings. The van der Waals surface area contributed by atoms with E-state index < -0.39 is 5.92 Å². The summed E-state index contributed by atoms with van der Waals surface area (Å²) in [6, 6.07) is 16.5. The molecule has 2 aromatic carbocycles. The second-order valence-corrected chi connectivity index (χ2v) is 5.30. The number of carbonyl (C=O) groups is 2. The molecule has 0 radical (unpaired) electrons. The predicted molar refractivity (Wildman–Crippen MR) is 91.6 cm³/mol. The molecule has 3 heteroatoms. The first kappa shape index (κ1) is 16.7. The summed E-state index contributed by atoms with van der Waals surface area (Å²) in [5.74, 6) is -0.0781. The first-order chi connectivity index (χ1) is 11.1. The number of ether oxygens (including phenoxy) is 1. The highest BCUT2D eigenvalue weighted by Gasteiger charge is 2.22. The highest BCUT2D eigenvalue weighted by Crippen LogP contribution is 2.17. The molecule has 2 rings (SSSR count). The molecule has 0 bridgehead atoms. The van der Waals surface area contributed by atoms with Gasteiger partial charge in [0.25, 0.3) is 0 Å². The molecule has 2 aromatic rings. The van der Waals surface area contributed by atoms with Crippen molar-refractivity contribution >= 4 is 17.6 Å². The molecule has 0 amide bonds. The number of hydrogen-bond acceptors (Lipinski definition) is 3. The van der Waals surface area contributed by atoms with E-state index in [1.165, 1.54) is 6.92 Å². The Morgan fingerprint density at radius 3 is 2.26 bits per heavy atom. The summed E-state index contributed by atoms with van der Waals surface area (Å²) in [4.78, 5) is 24.3. The lowest BCUT2D eigenvalue weighted by Gasteiger charge is -2.10. The van der Waals surface area contributed by atoms with Crippen molar-refractivity contribution in [2.75, 3.05) is 7.11 Å². The standard InChI is InChI=1S/C20H20O3/c1-15(21)19(20(22)17-8-4-3-5-9-17)10-6-7-16-11-13-18(23-2)14-12-16/h3-9,11-14,19H,10H2,1-2H3/b7-6+. The third kappa shape index (κ3) is 4.65. The van der Waals surface area contributed by atoms with Crippen molar-refractivity contribution in [1.29, 1.82) is 0 Å². The quantitative estimate of drug-likeness (QED) is 0.569. The van der Waals surface area contributed by atoms with Crippen LogP contribution in [0.5, 0.6) is 5.75 Å². The van der Waals surface area contributed by atoms with Gasteiger partial charge in [0.2, 0.25) is 0 Å². The average molecular weight is 308 g/mol. The zero-order valence-electron chi connectivity index (χ0n) is 13.4. The van der Waals surface area contributed by atoms with E-state index in [0.717, 1.165) is 11.3 Å². The van der Waals surface area contributed by atoms with E-state index in [0.29, 0.717) is 12.0 Å². The highest BCUT2D eigenvalue weighted by molar-refractivity contribution is 6.10. The Hall–Kier alpha value is -2.68. The lowest BCUT2D eigenvalue weighted by Crippen LogP contribution is -2.21. The zero-order chi connectivity index (χ0) is 16.7. The van der Waals surface area contributed by atoms with Crippen molar-refractivity contribution in [2.45, 2.75) is 13.3 Å². The summed E-state index contributed by atoms with van der Waals surface area (Å²) in [6.07, 6.45) is 4.18. The molecule has 3 nitrogen and oxygen atoms in total. The second-order valence-electron chi connectivity index (χ2n) is 5.30. The molecule has 0 N–H and O–H groups in total. The molecule has 0 aliphatic heterocycles. The number of benzene rings is 2. The van der Waals surface area contributed by atoms with Crippen LogP contribution in [-0.4, -0.2) is 18.7 Å². The summed E-state index contributed by atoms with van der Waals surface area (Å²) in [6.45, 7) is 1.47. The van der Waals surface area contributed by atoms with Crippen LogP contribution >= 0.6 is 0 Å². The molecule has 0 aliphatic rings. The van der Waals surface area contributed by atoms with E-state index in [2.05, 4.69) is 0 Å². The van der Waals surface area contributed by atoms with Gasteiger partial charge in [-0.3, -0.25) is 9.59 Å². The van der Waals surface area contributed by atoms with Crippen LogP contribution < -0.4 is 4.74 Å². The molecule has 118 valence electrons. The van der Waals surface area contributed by atoms with Crippen LogP contribution in [-0.2, 0) is 4.79 Å². The van der Waals surface area contributed by atoms with Gasteiger partial charge in [0.05, 0.1) is 13.0 Å². The molecule has 0 heterocycles. The van der Waals surface area contributed by atoms with Gasteiger partial charge in [-0.05, 0) is 31.0 Å². The van der Waals surface area contributed by atoms with Crippen LogP contribution in [0.15, 0.2) is 60.7 Å². The second kappa shape index (κ2) is 8.08. The molecule has 0 aromatic heterocycles. The largest absolute Gasteiger partial charge is 0.497 e. The third-order valence-corrected chi connectivity index (χ3v) is 3.66. The number of ketones is 2. The van der Waals surface area contributed by atoms with Gasteiger partial charge in [0.1, 0.15) is 11.5 Å². The molecule has 0 aliphatic carbocycles. The maximum atomic E-state index is 12.4. The Morgan fingerprint density at radius 1 is 1.04 bits per heavy atom. The molecule has 1 unspecified atom stereocenters. The summed E-state index contributed by atoms with van der Waals surface area (Å²) in [5.41, 5.74) is 1.57. The Bertz CT molecular complexity index is 685. The first-order valence-corrected chi connectivity index (χ1v) is 7.52.